The first-order valence-corrected chi connectivity index (χ1v) is 8.89. The van der Waals surface area contributed by atoms with Crippen molar-refractivity contribution in [1.29, 1.82) is 0 Å². The quantitative estimate of drug-likeness (QED) is 0.398. The Bertz CT molecular complexity index is 931. The topological polar surface area (TPSA) is 71.1 Å². The van der Waals surface area contributed by atoms with Crippen molar-refractivity contribution < 1.29 is 9.59 Å². The van der Waals surface area contributed by atoms with E-state index in [1.165, 1.54) is 6.08 Å². The molecule has 0 radical (unpaired) electrons. The van der Waals surface area contributed by atoms with Gasteiger partial charge in [-0.2, -0.15) is 0 Å². The molecule has 5 heteroatoms. The molecule has 140 valence electrons. The first-order valence-electron chi connectivity index (χ1n) is 8.89. The molecule has 0 saturated heterocycles. The van der Waals surface area contributed by atoms with E-state index >= 15 is 0 Å². The van der Waals surface area contributed by atoms with Crippen molar-refractivity contribution in [1.82, 2.24) is 4.98 Å². The lowest BCUT2D eigenvalue weighted by Gasteiger charge is -2.11. The van der Waals surface area contributed by atoms with Crippen molar-refractivity contribution in [3.63, 3.8) is 0 Å². The number of anilines is 2. The third-order valence-corrected chi connectivity index (χ3v) is 4.10. The predicted octanol–water partition coefficient (Wildman–Crippen LogP) is 4.36. The number of nitrogens with zero attached hydrogens (tertiary/aromatic N) is 1. The largest absolute Gasteiger partial charge is 0.322 e. The second-order valence-corrected chi connectivity index (χ2v) is 6.48. The van der Waals surface area contributed by atoms with Gasteiger partial charge in [-0.1, -0.05) is 41.5 Å². The van der Waals surface area contributed by atoms with Gasteiger partial charge in [0.2, 0.25) is 0 Å². The van der Waals surface area contributed by atoms with Gasteiger partial charge in [0.1, 0.15) is 5.57 Å². The van der Waals surface area contributed by atoms with E-state index in [1.807, 2.05) is 38.1 Å². The molecule has 3 aromatic rings. The zero-order valence-corrected chi connectivity index (χ0v) is 15.8. The molecule has 2 N–H and O–H groups in total. The maximum Gasteiger partial charge on any atom is 0.261 e. The summed E-state index contributed by atoms with van der Waals surface area (Å²) in [5, 5.41) is 5.55. The van der Waals surface area contributed by atoms with Crippen LogP contribution in [0.25, 0.3) is 6.08 Å². The first kappa shape index (κ1) is 19.0. The Morgan fingerprint density at radius 2 is 1.29 bits per heavy atom. The number of benzene rings is 2. The second kappa shape index (κ2) is 8.77. The molecular formula is C23H21N3O2. The van der Waals surface area contributed by atoms with Gasteiger partial charge in [0.25, 0.3) is 11.8 Å². The molecule has 0 bridgehead atoms. The van der Waals surface area contributed by atoms with Crippen molar-refractivity contribution in [2.24, 2.45) is 0 Å². The highest BCUT2D eigenvalue weighted by molar-refractivity contribution is 6.28. The summed E-state index contributed by atoms with van der Waals surface area (Å²) in [5.41, 5.74) is 4.07. The van der Waals surface area contributed by atoms with Crippen molar-refractivity contribution >= 4 is 29.3 Å². The monoisotopic (exact) mass is 371 g/mol. The number of hydrogen-bond acceptors (Lipinski definition) is 3. The number of aromatic nitrogens is 1. The summed E-state index contributed by atoms with van der Waals surface area (Å²) in [7, 11) is 0. The Balaban J connectivity index is 1.86. The number of carbonyl (C=O) groups is 2. The molecule has 0 atom stereocenters. The minimum atomic E-state index is -0.489. The molecule has 2 amide bonds. The molecule has 0 spiro atoms. The Hall–Kier alpha value is -3.73. The normalized spacial score (nSPS) is 10.1. The lowest BCUT2D eigenvalue weighted by molar-refractivity contribution is -0.118. The summed E-state index contributed by atoms with van der Waals surface area (Å²) >= 11 is 0. The Morgan fingerprint density at radius 1 is 0.786 bits per heavy atom. The molecule has 0 fully saturated rings. The van der Waals surface area contributed by atoms with E-state index in [0.29, 0.717) is 16.9 Å². The van der Waals surface area contributed by atoms with Crippen molar-refractivity contribution in [3.05, 3.63) is 95.3 Å². The minimum absolute atomic E-state index is 0.00542. The van der Waals surface area contributed by atoms with Gasteiger partial charge in [-0.05, 0) is 55.8 Å². The summed E-state index contributed by atoms with van der Waals surface area (Å²) in [5.74, 6) is -0.977. The highest BCUT2D eigenvalue weighted by atomic mass is 16.2. The van der Waals surface area contributed by atoms with Crippen LogP contribution < -0.4 is 10.6 Å². The first-order chi connectivity index (χ1) is 13.5. The van der Waals surface area contributed by atoms with Crippen LogP contribution in [0.4, 0.5) is 11.4 Å². The molecule has 1 aromatic heterocycles. The van der Waals surface area contributed by atoms with Gasteiger partial charge in [0.15, 0.2) is 0 Å². The number of carbonyl (C=O) groups excluding carboxylic acids is 2. The number of rotatable bonds is 5. The van der Waals surface area contributed by atoms with E-state index in [2.05, 4.69) is 15.6 Å². The van der Waals surface area contributed by atoms with Gasteiger partial charge in [-0.3, -0.25) is 14.6 Å². The van der Waals surface area contributed by atoms with Crippen LogP contribution in [0.5, 0.6) is 0 Å². The zero-order chi connectivity index (χ0) is 19.9. The fraction of sp³-hybridized carbons (Fsp3) is 0.0870. The summed E-state index contributed by atoms with van der Waals surface area (Å²) in [6, 6.07) is 18.3. The maximum atomic E-state index is 12.8. The third kappa shape index (κ3) is 5.14. The van der Waals surface area contributed by atoms with Crippen molar-refractivity contribution in [2.75, 3.05) is 10.6 Å². The number of pyridine rings is 1. The fourth-order valence-corrected chi connectivity index (χ4v) is 2.53. The van der Waals surface area contributed by atoms with Gasteiger partial charge in [0.05, 0.1) is 0 Å². The van der Waals surface area contributed by atoms with Crippen LogP contribution >= 0.6 is 0 Å². The van der Waals surface area contributed by atoms with Crippen LogP contribution in [0, 0.1) is 13.8 Å². The van der Waals surface area contributed by atoms with Crippen LogP contribution in [0.3, 0.4) is 0 Å². The summed E-state index contributed by atoms with van der Waals surface area (Å²) in [6.45, 7) is 3.93. The molecular weight excluding hydrogens is 350 g/mol. The Morgan fingerprint density at radius 3 is 1.71 bits per heavy atom. The second-order valence-electron chi connectivity index (χ2n) is 6.48. The number of nitrogens with one attached hydrogen (secondary N) is 2. The average Bonchev–Trinajstić information content (AvgIpc) is 2.70. The molecule has 3 rings (SSSR count). The molecule has 2 aromatic carbocycles. The summed E-state index contributed by atoms with van der Waals surface area (Å²) < 4.78 is 0. The third-order valence-electron chi connectivity index (χ3n) is 4.10. The van der Waals surface area contributed by atoms with Gasteiger partial charge < -0.3 is 10.6 Å². The highest BCUT2D eigenvalue weighted by Gasteiger charge is 2.19. The molecule has 0 aliphatic carbocycles. The lowest BCUT2D eigenvalue weighted by Crippen LogP contribution is -2.25. The number of hydrogen-bond donors (Lipinski definition) is 2. The van der Waals surface area contributed by atoms with Gasteiger partial charge in [0, 0.05) is 23.8 Å². The van der Waals surface area contributed by atoms with Crippen LogP contribution in [-0.4, -0.2) is 16.8 Å². The van der Waals surface area contributed by atoms with E-state index in [0.717, 1.165) is 11.1 Å². The highest BCUT2D eigenvalue weighted by Crippen LogP contribution is 2.15. The zero-order valence-electron chi connectivity index (χ0n) is 15.8. The maximum absolute atomic E-state index is 12.8. The minimum Gasteiger partial charge on any atom is -0.322 e. The smallest absolute Gasteiger partial charge is 0.261 e. The molecule has 28 heavy (non-hydrogen) atoms. The van der Waals surface area contributed by atoms with Crippen molar-refractivity contribution in [2.45, 2.75) is 13.8 Å². The van der Waals surface area contributed by atoms with Gasteiger partial charge in [-0.15, -0.1) is 0 Å². The molecule has 0 aliphatic heterocycles. The standard InChI is InChI=1S/C23H21N3O2/c1-16-5-9-19(10-6-16)25-22(27)21(14-18-4-3-13-24-15-18)23(28)26-20-11-7-17(2)8-12-20/h3-15H,1-2H3,(H,25,27)(H,26,28). The molecule has 0 aliphatic rings. The van der Waals surface area contributed by atoms with Crippen molar-refractivity contribution in [3.8, 4) is 0 Å². The lowest BCUT2D eigenvalue weighted by atomic mass is 10.1. The summed E-state index contributed by atoms with van der Waals surface area (Å²) in [6.07, 6.45) is 4.76. The molecule has 0 saturated carbocycles. The molecule has 1 heterocycles. The van der Waals surface area contributed by atoms with E-state index in [1.54, 1.807) is 48.8 Å². The van der Waals surface area contributed by atoms with E-state index in [4.69, 9.17) is 0 Å². The molecule has 5 nitrogen and oxygen atoms in total. The van der Waals surface area contributed by atoms with Crippen LogP contribution in [0.2, 0.25) is 0 Å². The molecule has 0 unspecified atom stereocenters. The predicted molar refractivity (Wildman–Crippen MR) is 112 cm³/mol. The van der Waals surface area contributed by atoms with Crippen LogP contribution in [0.1, 0.15) is 16.7 Å². The van der Waals surface area contributed by atoms with E-state index < -0.39 is 11.8 Å². The number of aryl methyl sites for hydroxylation is 2. The average molecular weight is 371 g/mol. The van der Waals surface area contributed by atoms with E-state index in [-0.39, 0.29) is 5.57 Å². The Kier molecular flexibility index (Phi) is 5.97. The Labute approximate surface area is 164 Å². The fourth-order valence-electron chi connectivity index (χ4n) is 2.53. The van der Waals surface area contributed by atoms with E-state index in [9.17, 15) is 9.59 Å². The van der Waals surface area contributed by atoms with Gasteiger partial charge >= 0.3 is 0 Å². The van der Waals surface area contributed by atoms with Crippen LogP contribution in [-0.2, 0) is 9.59 Å². The summed E-state index contributed by atoms with van der Waals surface area (Å²) in [4.78, 5) is 29.7. The van der Waals surface area contributed by atoms with Crippen LogP contribution in [0.15, 0.2) is 78.6 Å². The number of amides is 2. The van der Waals surface area contributed by atoms with Gasteiger partial charge in [-0.25, -0.2) is 0 Å². The SMILES string of the molecule is Cc1ccc(NC(=O)C(=Cc2cccnc2)C(=O)Nc2ccc(C)cc2)cc1.